The Morgan fingerprint density at radius 1 is 1.33 bits per heavy atom. The van der Waals surface area contributed by atoms with Gasteiger partial charge in [0.25, 0.3) is 0 Å². The fourth-order valence-corrected chi connectivity index (χ4v) is 1.31. The molecule has 0 unspecified atom stereocenters. The Hall–Kier alpha value is -1.91. The molecule has 1 aromatic heterocycles. The van der Waals surface area contributed by atoms with Gasteiger partial charge in [0.2, 0.25) is 0 Å². The first kappa shape index (κ1) is 9.64. The SMILES string of the molecule is Nc1cn(Cc2ccc(F)cc2F)cn1. The average molecular weight is 209 g/mol. The molecule has 0 radical (unpaired) electrons. The van der Waals surface area contributed by atoms with Gasteiger partial charge in [-0.15, -0.1) is 0 Å². The van der Waals surface area contributed by atoms with Crippen LogP contribution in [0.2, 0.25) is 0 Å². The summed E-state index contributed by atoms with van der Waals surface area (Å²) in [7, 11) is 0. The number of anilines is 1. The van der Waals surface area contributed by atoms with Crippen molar-refractivity contribution in [2.45, 2.75) is 6.54 Å². The molecule has 0 aliphatic heterocycles. The summed E-state index contributed by atoms with van der Waals surface area (Å²) in [6.07, 6.45) is 3.08. The van der Waals surface area contributed by atoms with Crippen LogP contribution in [-0.2, 0) is 6.54 Å². The highest BCUT2D eigenvalue weighted by Gasteiger charge is 2.04. The van der Waals surface area contributed by atoms with E-state index in [0.29, 0.717) is 11.4 Å². The highest BCUT2D eigenvalue weighted by atomic mass is 19.1. The van der Waals surface area contributed by atoms with E-state index in [1.165, 1.54) is 18.5 Å². The maximum atomic E-state index is 13.2. The lowest BCUT2D eigenvalue weighted by Crippen LogP contribution is -1.99. The number of nitrogen functional groups attached to an aromatic ring is 1. The second-order valence-electron chi connectivity index (χ2n) is 3.21. The van der Waals surface area contributed by atoms with E-state index in [2.05, 4.69) is 4.98 Å². The van der Waals surface area contributed by atoms with Gasteiger partial charge in [0.15, 0.2) is 0 Å². The van der Waals surface area contributed by atoms with Crippen molar-refractivity contribution in [2.24, 2.45) is 0 Å². The standard InChI is InChI=1S/C10H9F2N3/c11-8-2-1-7(9(12)3-8)4-15-5-10(13)14-6-15/h1-3,5-6H,4,13H2. The first-order valence-corrected chi connectivity index (χ1v) is 4.36. The van der Waals surface area contributed by atoms with Gasteiger partial charge < -0.3 is 10.3 Å². The minimum Gasteiger partial charge on any atom is -0.382 e. The molecule has 2 N–H and O–H groups in total. The monoisotopic (exact) mass is 209 g/mol. The largest absolute Gasteiger partial charge is 0.382 e. The Labute approximate surface area is 85.2 Å². The summed E-state index contributed by atoms with van der Waals surface area (Å²) in [6.45, 7) is 0.288. The lowest BCUT2D eigenvalue weighted by atomic mass is 10.2. The summed E-state index contributed by atoms with van der Waals surface area (Å²) >= 11 is 0. The van der Waals surface area contributed by atoms with Crippen LogP contribution in [0.1, 0.15) is 5.56 Å². The molecular weight excluding hydrogens is 200 g/mol. The second kappa shape index (κ2) is 3.68. The maximum absolute atomic E-state index is 13.2. The van der Waals surface area contributed by atoms with E-state index in [-0.39, 0.29) is 6.54 Å². The Morgan fingerprint density at radius 3 is 2.73 bits per heavy atom. The minimum atomic E-state index is -0.582. The van der Waals surface area contributed by atoms with E-state index in [9.17, 15) is 8.78 Å². The zero-order valence-corrected chi connectivity index (χ0v) is 7.82. The van der Waals surface area contributed by atoms with Crippen LogP contribution in [0.15, 0.2) is 30.7 Å². The molecular formula is C10H9F2N3. The molecule has 78 valence electrons. The summed E-state index contributed by atoms with van der Waals surface area (Å²) in [6, 6.07) is 3.48. The summed E-state index contributed by atoms with van der Waals surface area (Å²) in [5.74, 6) is -0.777. The fraction of sp³-hybridized carbons (Fsp3) is 0.100. The van der Waals surface area contributed by atoms with Gasteiger partial charge in [-0.1, -0.05) is 6.07 Å². The van der Waals surface area contributed by atoms with Crippen molar-refractivity contribution in [2.75, 3.05) is 5.73 Å². The van der Waals surface area contributed by atoms with Crippen molar-refractivity contribution >= 4 is 5.82 Å². The molecule has 0 atom stereocenters. The summed E-state index contributed by atoms with van der Waals surface area (Å²) in [5.41, 5.74) is 5.81. The molecule has 0 bridgehead atoms. The van der Waals surface area contributed by atoms with Crippen LogP contribution < -0.4 is 5.73 Å². The average Bonchev–Trinajstić information content (AvgIpc) is 2.56. The predicted molar refractivity (Wildman–Crippen MR) is 52.1 cm³/mol. The van der Waals surface area contributed by atoms with E-state index in [4.69, 9.17) is 5.73 Å². The molecule has 0 aliphatic carbocycles. The molecule has 0 saturated heterocycles. The topological polar surface area (TPSA) is 43.8 Å². The number of imidazole rings is 1. The normalized spacial score (nSPS) is 10.5. The minimum absolute atomic E-state index is 0.288. The van der Waals surface area contributed by atoms with Crippen LogP contribution in [0.25, 0.3) is 0 Å². The maximum Gasteiger partial charge on any atom is 0.141 e. The summed E-state index contributed by atoms with van der Waals surface area (Å²) < 4.78 is 27.5. The quantitative estimate of drug-likeness (QED) is 0.819. The van der Waals surface area contributed by atoms with Gasteiger partial charge in [-0.2, -0.15) is 0 Å². The number of nitrogens with two attached hydrogens (primary N) is 1. The molecule has 0 saturated carbocycles. The third-order valence-electron chi connectivity index (χ3n) is 2.02. The molecule has 0 amide bonds. The molecule has 5 heteroatoms. The lowest BCUT2D eigenvalue weighted by molar-refractivity contribution is 0.566. The zero-order chi connectivity index (χ0) is 10.8. The van der Waals surface area contributed by atoms with Crippen molar-refractivity contribution in [1.82, 2.24) is 9.55 Å². The molecule has 1 aromatic carbocycles. The molecule has 1 heterocycles. The molecule has 0 spiro atoms. The van der Waals surface area contributed by atoms with Gasteiger partial charge in [0.1, 0.15) is 17.5 Å². The first-order chi connectivity index (χ1) is 7.15. The molecule has 0 fully saturated rings. The number of nitrogens with zero attached hydrogens (tertiary/aromatic N) is 2. The van der Waals surface area contributed by atoms with E-state index in [1.54, 1.807) is 10.8 Å². The Bertz CT molecular complexity index is 479. The number of benzene rings is 1. The van der Waals surface area contributed by atoms with Crippen LogP contribution in [0, 0.1) is 11.6 Å². The van der Waals surface area contributed by atoms with Crippen molar-refractivity contribution in [1.29, 1.82) is 0 Å². The molecule has 2 rings (SSSR count). The first-order valence-electron chi connectivity index (χ1n) is 4.36. The smallest absolute Gasteiger partial charge is 0.141 e. The molecule has 2 aromatic rings. The van der Waals surface area contributed by atoms with Gasteiger partial charge in [0.05, 0.1) is 12.9 Å². The highest BCUT2D eigenvalue weighted by Crippen LogP contribution is 2.11. The lowest BCUT2D eigenvalue weighted by Gasteiger charge is -2.03. The van der Waals surface area contributed by atoms with Crippen molar-refractivity contribution < 1.29 is 8.78 Å². The number of halogens is 2. The number of hydrogen-bond acceptors (Lipinski definition) is 2. The van der Waals surface area contributed by atoms with Crippen molar-refractivity contribution in [3.8, 4) is 0 Å². The second-order valence-corrected chi connectivity index (χ2v) is 3.21. The van der Waals surface area contributed by atoms with Gasteiger partial charge in [0, 0.05) is 17.8 Å². The third kappa shape index (κ3) is 2.12. The highest BCUT2D eigenvalue weighted by molar-refractivity contribution is 5.24. The van der Waals surface area contributed by atoms with E-state index in [1.807, 2.05) is 0 Å². The fourth-order valence-electron chi connectivity index (χ4n) is 1.31. The van der Waals surface area contributed by atoms with Crippen LogP contribution in [0.4, 0.5) is 14.6 Å². The van der Waals surface area contributed by atoms with E-state index >= 15 is 0 Å². The molecule has 15 heavy (non-hydrogen) atoms. The van der Waals surface area contributed by atoms with Gasteiger partial charge in [-0.05, 0) is 6.07 Å². The number of rotatable bonds is 2. The van der Waals surface area contributed by atoms with Crippen molar-refractivity contribution in [3.05, 3.63) is 47.9 Å². The van der Waals surface area contributed by atoms with Crippen LogP contribution in [0.3, 0.4) is 0 Å². The molecule has 3 nitrogen and oxygen atoms in total. The Morgan fingerprint density at radius 2 is 2.13 bits per heavy atom. The third-order valence-corrected chi connectivity index (χ3v) is 2.02. The van der Waals surface area contributed by atoms with E-state index < -0.39 is 11.6 Å². The van der Waals surface area contributed by atoms with Gasteiger partial charge in [-0.3, -0.25) is 0 Å². The summed E-state index contributed by atoms with van der Waals surface area (Å²) in [5, 5.41) is 0. The zero-order valence-electron chi connectivity index (χ0n) is 7.82. The van der Waals surface area contributed by atoms with E-state index in [0.717, 1.165) is 6.07 Å². The predicted octanol–water partition coefficient (Wildman–Crippen LogP) is 1.79. The van der Waals surface area contributed by atoms with Crippen molar-refractivity contribution in [3.63, 3.8) is 0 Å². The Balaban J connectivity index is 2.24. The number of hydrogen-bond donors (Lipinski definition) is 1. The Kier molecular flexibility index (Phi) is 2.37. The molecule has 0 aliphatic rings. The van der Waals surface area contributed by atoms with Crippen LogP contribution in [0.5, 0.6) is 0 Å². The van der Waals surface area contributed by atoms with Gasteiger partial charge >= 0.3 is 0 Å². The summed E-state index contributed by atoms with van der Waals surface area (Å²) in [4.78, 5) is 3.80. The van der Waals surface area contributed by atoms with Crippen LogP contribution >= 0.6 is 0 Å². The van der Waals surface area contributed by atoms with Gasteiger partial charge in [-0.25, -0.2) is 13.8 Å². The van der Waals surface area contributed by atoms with Crippen LogP contribution in [-0.4, -0.2) is 9.55 Å². The number of aromatic nitrogens is 2.